The Hall–Kier alpha value is -2.74. The molecule has 0 amide bonds. The number of nitrogens with zero attached hydrogens (tertiary/aromatic N) is 3. The van der Waals surface area contributed by atoms with E-state index in [2.05, 4.69) is 15.4 Å². The van der Waals surface area contributed by atoms with E-state index >= 15 is 0 Å². The van der Waals surface area contributed by atoms with E-state index in [4.69, 9.17) is 0 Å². The minimum absolute atomic E-state index is 0.0474. The van der Waals surface area contributed by atoms with Crippen LogP contribution >= 0.6 is 0 Å². The first-order chi connectivity index (χ1) is 12.9. The summed E-state index contributed by atoms with van der Waals surface area (Å²) in [6.45, 7) is 1.97. The normalized spacial score (nSPS) is 14.2. The molecule has 1 N–H and O–H groups in total. The zero-order chi connectivity index (χ0) is 19.0. The highest BCUT2D eigenvalue weighted by Gasteiger charge is 2.29. The van der Waals surface area contributed by atoms with Crippen LogP contribution in [0.1, 0.15) is 11.4 Å². The Morgan fingerprint density at radius 1 is 1.07 bits per heavy atom. The number of hydrogen-bond donors (Lipinski definition) is 1. The Kier molecular flexibility index (Phi) is 4.43. The summed E-state index contributed by atoms with van der Waals surface area (Å²) in [6, 6.07) is 9.07. The number of hydrogen-bond acceptors (Lipinski definition) is 3. The third-order valence-corrected chi connectivity index (χ3v) is 4.45. The molecule has 0 atom stereocenters. The summed E-state index contributed by atoms with van der Waals surface area (Å²) in [4.78, 5) is 3.85. The molecule has 1 aromatic carbocycles. The first-order valence-corrected chi connectivity index (χ1v) is 8.49. The highest BCUT2D eigenvalue weighted by Crippen LogP contribution is 2.36. The second kappa shape index (κ2) is 6.77. The lowest BCUT2D eigenvalue weighted by molar-refractivity contribution is -0.127. The molecule has 140 valence electrons. The number of rotatable bonds is 3. The summed E-state index contributed by atoms with van der Waals surface area (Å²) in [5.41, 5.74) is 3.55. The number of benzene rings is 1. The van der Waals surface area contributed by atoms with E-state index in [1.54, 1.807) is 18.2 Å². The highest BCUT2D eigenvalue weighted by atomic mass is 19.4. The van der Waals surface area contributed by atoms with E-state index in [1.165, 1.54) is 24.4 Å². The first kappa shape index (κ1) is 17.7. The third kappa shape index (κ3) is 3.71. The number of halogens is 4. The van der Waals surface area contributed by atoms with Gasteiger partial charge < -0.3 is 5.32 Å². The van der Waals surface area contributed by atoms with Crippen molar-refractivity contribution in [3.8, 4) is 22.4 Å². The van der Waals surface area contributed by atoms with Gasteiger partial charge in [0.1, 0.15) is 11.5 Å². The van der Waals surface area contributed by atoms with Crippen molar-refractivity contribution in [3.05, 3.63) is 59.8 Å². The van der Waals surface area contributed by atoms with Crippen LogP contribution in [0.15, 0.2) is 42.6 Å². The largest absolute Gasteiger partial charge is 0.394 e. The average molecular weight is 376 g/mol. The minimum Gasteiger partial charge on any atom is -0.309 e. The molecule has 4 rings (SSSR count). The van der Waals surface area contributed by atoms with Crippen molar-refractivity contribution in [2.75, 3.05) is 6.54 Å². The predicted molar refractivity (Wildman–Crippen MR) is 92.3 cm³/mol. The van der Waals surface area contributed by atoms with Gasteiger partial charge in [-0.3, -0.25) is 9.67 Å². The molecular weight excluding hydrogens is 360 g/mol. The summed E-state index contributed by atoms with van der Waals surface area (Å²) >= 11 is 0. The van der Waals surface area contributed by atoms with Crippen molar-refractivity contribution in [2.45, 2.75) is 25.7 Å². The molecule has 0 aliphatic carbocycles. The topological polar surface area (TPSA) is 42.7 Å². The van der Waals surface area contributed by atoms with Gasteiger partial charge >= 0.3 is 6.18 Å². The van der Waals surface area contributed by atoms with Crippen molar-refractivity contribution in [1.82, 2.24) is 20.1 Å². The standard InChI is InChI=1S/C19H16F4N4/c20-14-3-1-12(2-4-14)18-17(16-11-24-7-8-27(16)26-18)13-5-6-25-15(9-13)10-19(21,22)23/h1-6,9,24H,7-8,10-11H2. The lowest BCUT2D eigenvalue weighted by atomic mass is 9.98. The van der Waals surface area contributed by atoms with Crippen molar-refractivity contribution in [3.63, 3.8) is 0 Å². The number of nitrogens with one attached hydrogen (secondary N) is 1. The van der Waals surface area contributed by atoms with Crippen LogP contribution in [0.5, 0.6) is 0 Å². The van der Waals surface area contributed by atoms with Gasteiger partial charge in [-0.1, -0.05) is 0 Å². The second-order valence-electron chi connectivity index (χ2n) is 6.40. The van der Waals surface area contributed by atoms with E-state index in [-0.39, 0.29) is 11.5 Å². The Bertz CT molecular complexity index is 961. The molecule has 4 nitrogen and oxygen atoms in total. The van der Waals surface area contributed by atoms with Crippen LogP contribution in [0, 0.1) is 5.82 Å². The fourth-order valence-corrected chi connectivity index (χ4v) is 3.30. The van der Waals surface area contributed by atoms with Crippen molar-refractivity contribution in [1.29, 1.82) is 0 Å². The van der Waals surface area contributed by atoms with Crippen LogP contribution < -0.4 is 5.32 Å². The van der Waals surface area contributed by atoms with Crippen LogP contribution in [-0.2, 0) is 19.5 Å². The zero-order valence-corrected chi connectivity index (χ0v) is 14.2. The second-order valence-corrected chi connectivity index (χ2v) is 6.40. The van der Waals surface area contributed by atoms with Crippen molar-refractivity contribution in [2.24, 2.45) is 0 Å². The van der Waals surface area contributed by atoms with Gasteiger partial charge in [0.2, 0.25) is 0 Å². The minimum atomic E-state index is -4.33. The van der Waals surface area contributed by atoms with Crippen LogP contribution in [-0.4, -0.2) is 27.5 Å². The molecule has 2 aromatic heterocycles. The molecule has 1 aliphatic rings. The SMILES string of the molecule is Fc1ccc(-c2nn3c(c2-c2ccnc(CC(F)(F)F)c2)CNCC3)cc1. The maximum Gasteiger partial charge on any atom is 0.394 e. The molecular formula is C19H16F4N4. The van der Waals surface area contributed by atoms with Crippen LogP contribution in [0.4, 0.5) is 17.6 Å². The number of alkyl halides is 3. The summed E-state index contributed by atoms with van der Waals surface area (Å²) < 4.78 is 53.5. The molecule has 0 saturated carbocycles. The first-order valence-electron chi connectivity index (χ1n) is 8.49. The Labute approximate surface area is 152 Å². The zero-order valence-electron chi connectivity index (χ0n) is 14.2. The Balaban J connectivity index is 1.85. The molecule has 3 heterocycles. The molecule has 3 aromatic rings. The molecule has 0 bridgehead atoms. The van der Waals surface area contributed by atoms with E-state index < -0.39 is 12.6 Å². The smallest absolute Gasteiger partial charge is 0.309 e. The van der Waals surface area contributed by atoms with Crippen molar-refractivity contribution >= 4 is 0 Å². The summed E-state index contributed by atoms with van der Waals surface area (Å²) in [6.07, 6.45) is -4.04. The third-order valence-electron chi connectivity index (χ3n) is 4.45. The van der Waals surface area contributed by atoms with Crippen LogP contribution in [0.3, 0.4) is 0 Å². The fraction of sp³-hybridized carbons (Fsp3) is 0.263. The van der Waals surface area contributed by atoms with Gasteiger partial charge in [-0.05, 0) is 42.0 Å². The number of pyridine rings is 1. The molecule has 27 heavy (non-hydrogen) atoms. The highest BCUT2D eigenvalue weighted by molar-refractivity contribution is 5.83. The maximum absolute atomic E-state index is 13.3. The molecule has 0 saturated heterocycles. The lowest BCUT2D eigenvalue weighted by Gasteiger charge is -2.16. The fourth-order valence-electron chi connectivity index (χ4n) is 3.30. The van der Waals surface area contributed by atoms with Gasteiger partial charge in [0.25, 0.3) is 0 Å². The van der Waals surface area contributed by atoms with Gasteiger partial charge in [0.05, 0.1) is 18.7 Å². The van der Waals surface area contributed by atoms with Gasteiger partial charge in [-0.2, -0.15) is 18.3 Å². The predicted octanol–water partition coefficient (Wildman–Crippen LogP) is 3.96. The summed E-state index contributed by atoms with van der Waals surface area (Å²) in [5, 5.41) is 7.90. The Morgan fingerprint density at radius 2 is 1.85 bits per heavy atom. The average Bonchev–Trinajstić information content (AvgIpc) is 3.00. The monoisotopic (exact) mass is 376 g/mol. The molecule has 0 spiro atoms. The summed E-state index contributed by atoms with van der Waals surface area (Å²) in [7, 11) is 0. The van der Waals surface area contributed by atoms with Gasteiger partial charge in [-0.15, -0.1) is 0 Å². The molecule has 0 unspecified atom stereocenters. The van der Waals surface area contributed by atoms with Crippen LogP contribution in [0.2, 0.25) is 0 Å². The van der Waals surface area contributed by atoms with Gasteiger partial charge in [-0.25, -0.2) is 4.39 Å². The summed E-state index contributed by atoms with van der Waals surface area (Å²) in [5.74, 6) is -0.359. The van der Waals surface area contributed by atoms with Gasteiger partial charge in [0, 0.05) is 36.1 Å². The molecule has 8 heteroatoms. The number of aromatic nitrogens is 3. The van der Waals surface area contributed by atoms with Crippen molar-refractivity contribution < 1.29 is 17.6 Å². The van der Waals surface area contributed by atoms with E-state index in [0.717, 1.165) is 17.8 Å². The van der Waals surface area contributed by atoms with E-state index in [1.807, 2.05) is 4.68 Å². The van der Waals surface area contributed by atoms with E-state index in [9.17, 15) is 17.6 Å². The maximum atomic E-state index is 13.3. The van der Waals surface area contributed by atoms with Crippen LogP contribution in [0.25, 0.3) is 22.4 Å². The quantitative estimate of drug-likeness (QED) is 0.704. The van der Waals surface area contributed by atoms with E-state index in [0.29, 0.717) is 29.9 Å². The molecule has 1 aliphatic heterocycles. The van der Waals surface area contributed by atoms with Gasteiger partial charge in [0.15, 0.2) is 0 Å². The Morgan fingerprint density at radius 3 is 2.59 bits per heavy atom. The molecule has 0 radical (unpaired) electrons. The lowest BCUT2D eigenvalue weighted by Crippen LogP contribution is -2.28. The molecule has 0 fully saturated rings. The number of fused-ring (bicyclic) bond motifs is 1.